The Balaban J connectivity index is 2.19. The lowest BCUT2D eigenvalue weighted by Crippen LogP contribution is -2.32. The molecule has 4 nitrogen and oxygen atoms in total. The molecule has 1 saturated carbocycles. The molecular weight excluding hydrogens is 214 g/mol. The second-order valence-electron chi connectivity index (χ2n) is 4.47. The highest BCUT2D eigenvalue weighted by Crippen LogP contribution is 2.33. The van der Waals surface area contributed by atoms with Crippen LogP contribution in [0.25, 0.3) is 0 Å². The Morgan fingerprint density at radius 3 is 2.53 bits per heavy atom. The molecule has 0 radical (unpaired) electrons. The predicted octanol–water partition coefficient (Wildman–Crippen LogP) is 0.508. The third kappa shape index (κ3) is 5.89. The average molecular weight is 233 g/mol. The van der Waals surface area contributed by atoms with E-state index in [4.69, 9.17) is 5.73 Å². The quantitative estimate of drug-likeness (QED) is 0.695. The second-order valence-corrected chi connectivity index (χ2v) is 6.73. The molecular formula is C10H19NO3S. The summed E-state index contributed by atoms with van der Waals surface area (Å²) in [5.41, 5.74) is 5.62. The minimum absolute atomic E-state index is 0.00331. The van der Waals surface area contributed by atoms with Gasteiger partial charge in [-0.3, -0.25) is 4.79 Å². The third-order valence-corrected chi connectivity index (χ3v) is 3.69. The van der Waals surface area contributed by atoms with E-state index in [0.29, 0.717) is 6.42 Å². The van der Waals surface area contributed by atoms with E-state index in [-0.39, 0.29) is 18.0 Å². The molecule has 0 aromatic rings. The lowest BCUT2D eigenvalue weighted by atomic mass is 10.0. The SMILES string of the molecule is CS(=O)(=O)CCC(N)C(=O)CCC1CC1. The van der Waals surface area contributed by atoms with Gasteiger partial charge in [0.05, 0.1) is 11.8 Å². The first kappa shape index (κ1) is 12.6. The molecule has 0 bridgehead atoms. The Kier molecular flexibility index (Phi) is 4.28. The minimum Gasteiger partial charge on any atom is -0.321 e. The summed E-state index contributed by atoms with van der Waals surface area (Å²) in [6.07, 6.45) is 5.30. The van der Waals surface area contributed by atoms with Gasteiger partial charge in [-0.05, 0) is 18.8 Å². The van der Waals surface area contributed by atoms with Crippen LogP contribution in [-0.2, 0) is 14.6 Å². The fourth-order valence-electron chi connectivity index (χ4n) is 1.44. The van der Waals surface area contributed by atoms with Crippen LogP contribution in [0.1, 0.15) is 32.1 Å². The molecule has 0 heterocycles. The smallest absolute Gasteiger partial charge is 0.149 e. The molecule has 5 heteroatoms. The fraction of sp³-hybridized carbons (Fsp3) is 0.900. The van der Waals surface area contributed by atoms with Crippen molar-refractivity contribution in [1.82, 2.24) is 0 Å². The minimum atomic E-state index is -3.00. The predicted molar refractivity (Wildman–Crippen MR) is 59.3 cm³/mol. The molecule has 1 aliphatic carbocycles. The summed E-state index contributed by atoms with van der Waals surface area (Å²) < 4.78 is 21.7. The van der Waals surface area contributed by atoms with Gasteiger partial charge in [0.15, 0.2) is 0 Å². The van der Waals surface area contributed by atoms with Crippen molar-refractivity contribution in [3.8, 4) is 0 Å². The van der Waals surface area contributed by atoms with Crippen LogP contribution in [0.2, 0.25) is 0 Å². The molecule has 1 aliphatic rings. The van der Waals surface area contributed by atoms with Crippen LogP contribution in [0.5, 0.6) is 0 Å². The number of hydrogen-bond acceptors (Lipinski definition) is 4. The summed E-state index contributed by atoms with van der Waals surface area (Å²) in [6.45, 7) is 0. The first-order valence-corrected chi connectivity index (χ1v) is 7.40. The van der Waals surface area contributed by atoms with E-state index in [1.165, 1.54) is 12.8 Å². The van der Waals surface area contributed by atoms with Gasteiger partial charge in [0.1, 0.15) is 15.6 Å². The van der Waals surface area contributed by atoms with Crippen LogP contribution < -0.4 is 5.73 Å². The summed E-state index contributed by atoms with van der Waals surface area (Å²) in [4.78, 5) is 11.5. The van der Waals surface area contributed by atoms with E-state index in [1.807, 2.05) is 0 Å². The molecule has 0 saturated heterocycles. The van der Waals surface area contributed by atoms with Crippen molar-refractivity contribution in [2.75, 3.05) is 12.0 Å². The molecule has 1 rings (SSSR count). The number of hydrogen-bond donors (Lipinski definition) is 1. The van der Waals surface area contributed by atoms with Gasteiger partial charge in [-0.2, -0.15) is 0 Å². The topological polar surface area (TPSA) is 77.2 Å². The van der Waals surface area contributed by atoms with E-state index in [0.717, 1.165) is 18.6 Å². The monoisotopic (exact) mass is 233 g/mol. The Morgan fingerprint density at radius 1 is 1.47 bits per heavy atom. The number of sulfone groups is 1. The van der Waals surface area contributed by atoms with Gasteiger partial charge in [-0.25, -0.2) is 8.42 Å². The van der Waals surface area contributed by atoms with Gasteiger partial charge >= 0.3 is 0 Å². The molecule has 15 heavy (non-hydrogen) atoms. The number of carbonyl (C=O) groups is 1. The molecule has 2 N–H and O–H groups in total. The molecule has 0 aliphatic heterocycles. The highest BCUT2D eigenvalue weighted by Gasteiger charge is 2.23. The number of Topliss-reactive ketones (excluding diaryl/α,β-unsaturated/α-hetero) is 1. The molecule has 88 valence electrons. The summed E-state index contributed by atoms with van der Waals surface area (Å²) in [6, 6.07) is -0.599. The maximum absolute atomic E-state index is 11.5. The van der Waals surface area contributed by atoms with Crippen LogP contribution >= 0.6 is 0 Å². The number of carbonyl (C=O) groups excluding carboxylic acids is 1. The van der Waals surface area contributed by atoms with Crippen molar-refractivity contribution in [2.45, 2.75) is 38.1 Å². The maximum Gasteiger partial charge on any atom is 0.149 e. The van der Waals surface area contributed by atoms with Crippen molar-refractivity contribution in [3.05, 3.63) is 0 Å². The van der Waals surface area contributed by atoms with Crippen LogP contribution in [-0.4, -0.2) is 32.3 Å². The number of rotatable bonds is 7. The Hall–Kier alpha value is -0.420. The number of ketones is 1. The summed E-state index contributed by atoms with van der Waals surface area (Å²) in [7, 11) is -3.00. The molecule has 1 fully saturated rings. The van der Waals surface area contributed by atoms with E-state index in [9.17, 15) is 13.2 Å². The summed E-state index contributed by atoms with van der Waals surface area (Å²) >= 11 is 0. The molecule has 0 aromatic heterocycles. The van der Waals surface area contributed by atoms with Crippen LogP contribution in [0.4, 0.5) is 0 Å². The molecule has 1 unspecified atom stereocenters. The van der Waals surface area contributed by atoms with Crippen LogP contribution in [0, 0.1) is 5.92 Å². The number of nitrogens with two attached hydrogens (primary N) is 1. The second kappa shape index (κ2) is 5.07. The van der Waals surface area contributed by atoms with Crippen molar-refractivity contribution in [2.24, 2.45) is 11.7 Å². The van der Waals surface area contributed by atoms with Crippen molar-refractivity contribution in [3.63, 3.8) is 0 Å². The van der Waals surface area contributed by atoms with Gasteiger partial charge in [0.2, 0.25) is 0 Å². The average Bonchev–Trinajstić information content (AvgIpc) is 2.92. The van der Waals surface area contributed by atoms with Gasteiger partial charge < -0.3 is 5.73 Å². The standard InChI is InChI=1S/C10H19NO3S/c1-15(13,14)7-6-9(11)10(12)5-4-8-2-3-8/h8-9H,2-7,11H2,1H3. The van der Waals surface area contributed by atoms with E-state index in [1.54, 1.807) is 0 Å². The molecule has 0 amide bonds. The summed E-state index contributed by atoms with van der Waals surface area (Å²) in [5, 5.41) is 0. The zero-order chi connectivity index (χ0) is 11.5. The molecule has 0 spiro atoms. The van der Waals surface area contributed by atoms with Crippen molar-refractivity contribution in [1.29, 1.82) is 0 Å². The lowest BCUT2D eigenvalue weighted by molar-refractivity contribution is -0.120. The van der Waals surface area contributed by atoms with Gasteiger partial charge in [-0.1, -0.05) is 12.8 Å². The Bertz CT molecular complexity index is 320. The maximum atomic E-state index is 11.5. The van der Waals surface area contributed by atoms with Crippen molar-refractivity contribution < 1.29 is 13.2 Å². The van der Waals surface area contributed by atoms with E-state index >= 15 is 0 Å². The molecule has 0 aromatic carbocycles. The zero-order valence-corrected chi connectivity index (χ0v) is 9.92. The summed E-state index contributed by atoms with van der Waals surface area (Å²) in [5.74, 6) is 0.727. The van der Waals surface area contributed by atoms with E-state index < -0.39 is 15.9 Å². The normalized spacial score (nSPS) is 18.8. The molecule has 1 atom stereocenters. The fourth-order valence-corrected chi connectivity index (χ4v) is 2.12. The highest BCUT2D eigenvalue weighted by atomic mass is 32.2. The van der Waals surface area contributed by atoms with Crippen LogP contribution in [0.15, 0.2) is 0 Å². The Labute approximate surface area is 91.1 Å². The van der Waals surface area contributed by atoms with Gasteiger partial charge in [0, 0.05) is 12.7 Å². The van der Waals surface area contributed by atoms with Crippen LogP contribution in [0.3, 0.4) is 0 Å². The third-order valence-electron chi connectivity index (χ3n) is 2.71. The lowest BCUT2D eigenvalue weighted by Gasteiger charge is -2.09. The first-order chi connectivity index (χ1) is 6.88. The Morgan fingerprint density at radius 2 is 2.07 bits per heavy atom. The van der Waals surface area contributed by atoms with Gasteiger partial charge in [-0.15, -0.1) is 0 Å². The largest absolute Gasteiger partial charge is 0.321 e. The highest BCUT2D eigenvalue weighted by molar-refractivity contribution is 7.90. The van der Waals surface area contributed by atoms with Crippen molar-refractivity contribution >= 4 is 15.6 Å². The van der Waals surface area contributed by atoms with Gasteiger partial charge in [0.25, 0.3) is 0 Å². The zero-order valence-electron chi connectivity index (χ0n) is 9.11. The van der Waals surface area contributed by atoms with E-state index in [2.05, 4.69) is 0 Å². The first-order valence-electron chi connectivity index (χ1n) is 5.34.